The van der Waals surface area contributed by atoms with Crippen LogP contribution in [-0.4, -0.2) is 44.6 Å². The fraction of sp³-hybridized carbons (Fsp3) is 0.560. The van der Waals surface area contributed by atoms with Gasteiger partial charge in [0.15, 0.2) is 11.3 Å². The first-order valence-corrected chi connectivity index (χ1v) is 12.1. The molecule has 0 aromatic carbocycles. The highest BCUT2D eigenvalue weighted by atomic mass is 19.3. The standard InChI is InChI=1S/C25H25F4N5O3/c1-34-21(19(26)27)32-16-17(22(34)35)31-20(33-18(16)24-9-25(10-24,11-24)23(28)29)13-4-6-37-14(7-13)12-3-5-30-15(8-12)36-2/h3,5,8,13-14,19,23H,4,6-7,9-11H2,1-2H3/t13-,14+,24?,25?/m1/s1. The Morgan fingerprint density at radius 2 is 1.89 bits per heavy atom. The molecule has 2 atom stereocenters. The molecule has 4 heterocycles. The number of halogens is 4. The van der Waals surface area contributed by atoms with Gasteiger partial charge in [0.1, 0.15) is 11.3 Å². The Bertz CT molecular complexity index is 1430. The maximum absolute atomic E-state index is 13.7. The zero-order valence-electron chi connectivity index (χ0n) is 20.3. The Labute approximate surface area is 209 Å². The summed E-state index contributed by atoms with van der Waals surface area (Å²) in [6.07, 6.45) is -2.44. The SMILES string of the molecule is COc1cc([C@@H]2C[C@H](c3nc(C45CC(C(F)F)(C4)C5)c4nc(C(F)F)n(C)c(=O)c4n3)CCO2)ccn1. The van der Waals surface area contributed by atoms with E-state index in [1.54, 1.807) is 12.3 Å². The van der Waals surface area contributed by atoms with E-state index in [9.17, 15) is 22.4 Å². The fourth-order valence-corrected chi connectivity index (χ4v) is 6.28. The number of hydrogen-bond donors (Lipinski definition) is 0. The molecule has 3 aliphatic carbocycles. The lowest BCUT2D eigenvalue weighted by atomic mass is 9.34. The molecule has 7 rings (SSSR count). The molecule has 0 unspecified atom stereocenters. The van der Waals surface area contributed by atoms with Crippen LogP contribution in [0.15, 0.2) is 23.1 Å². The number of aromatic nitrogens is 5. The van der Waals surface area contributed by atoms with Gasteiger partial charge in [-0.15, -0.1) is 0 Å². The van der Waals surface area contributed by atoms with E-state index in [0.29, 0.717) is 36.8 Å². The second-order valence-corrected chi connectivity index (χ2v) is 10.4. The minimum atomic E-state index is -2.98. The smallest absolute Gasteiger partial charge is 0.295 e. The Morgan fingerprint density at radius 1 is 1.14 bits per heavy atom. The molecule has 0 amide bonds. The molecule has 37 heavy (non-hydrogen) atoms. The summed E-state index contributed by atoms with van der Waals surface area (Å²) < 4.78 is 66.5. The summed E-state index contributed by atoms with van der Waals surface area (Å²) in [5, 5.41) is 0. The van der Waals surface area contributed by atoms with Crippen LogP contribution in [0.25, 0.3) is 11.0 Å². The van der Waals surface area contributed by atoms with Gasteiger partial charge in [0.25, 0.3) is 12.0 Å². The average Bonchev–Trinajstić information content (AvgIpc) is 2.84. The van der Waals surface area contributed by atoms with Gasteiger partial charge in [-0.2, -0.15) is 0 Å². The Kier molecular flexibility index (Phi) is 5.52. The van der Waals surface area contributed by atoms with E-state index in [2.05, 4.69) is 15.0 Å². The molecule has 1 saturated heterocycles. The van der Waals surface area contributed by atoms with Crippen LogP contribution in [0, 0.1) is 5.41 Å². The summed E-state index contributed by atoms with van der Waals surface area (Å²) in [6.45, 7) is 0.414. The first-order valence-electron chi connectivity index (χ1n) is 12.1. The molecular weight excluding hydrogens is 494 g/mol. The summed E-state index contributed by atoms with van der Waals surface area (Å²) in [6, 6.07) is 3.62. The molecule has 0 radical (unpaired) electrons. The number of fused-ring (bicyclic) bond motifs is 1. The lowest BCUT2D eigenvalue weighted by Crippen LogP contribution is -2.68. The molecule has 3 saturated carbocycles. The summed E-state index contributed by atoms with van der Waals surface area (Å²) in [5.41, 5.74) is -1.33. The number of nitrogens with zero attached hydrogens (tertiary/aromatic N) is 5. The number of alkyl halides is 4. The highest BCUT2D eigenvalue weighted by Gasteiger charge is 2.73. The first kappa shape index (κ1) is 24.2. The number of hydrogen-bond acceptors (Lipinski definition) is 7. The Balaban J connectivity index is 1.43. The monoisotopic (exact) mass is 519 g/mol. The molecule has 3 aromatic heterocycles. The van der Waals surface area contributed by atoms with E-state index in [-0.39, 0.29) is 42.3 Å². The van der Waals surface area contributed by atoms with Gasteiger partial charge < -0.3 is 9.47 Å². The lowest BCUT2D eigenvalue weighted by Gasteiger charge is -2.69. The number of rotatable bonds is 6. The van der Waals surface area contributed by atoms with Gasteiger partial charge in [0.05, 0.1) is 18.9 Å². The largest absolute Gasteiger partial charge is 0.481 e. The molecule has 0 spiro atoms. The summed E-state index contributed by atoms with van der Waals surface area (Å²) in [5.74, 6) is -0.0511. The van der Waals surface area contributed by atoms with Gasteiger partial charge in [0.2, 0.25) is 12.3 Å². The van der Waals surface area contributed by atoms with Crippen molar-refractivity contribution in [3.05, 3.63) is 51.6 Å². The molecule has 8 nitrogen and oxygen atoms in total. The molecule has 3 aromatic rings. The normalized spacial score (nSPS) is 28.9. The van der Waals surface area contributed by atoms with Crippen molar-refractivity contribution in [2.75, 3.05) is 13.7 Å². The number of ether oxygens (including phenoxy) is 2. The number of pyridine rings is 1. The van der Waals surface area contributed by atoms with Crippen molar-refractivity contribution in [3.63, 3.8) is 0 Å². The van der Waals surface area contributed by atoms with Crippen molar-refractivity contribution in [2.45, 2.75) is 62.4 Å². The highest BCUT2D eigenvalue weighted by molar-refractivity contribution is 5.78. The van der Waals surface area contributed by atoms with Crippen LogP contribution in [0.5, 0.6) is 5.88 Å². The van der Waals surface area contributed by atoms with Crippen molar-refractivity contribution < 1.29 is 27.0 Å². The Hall–Kier alpha value is -3.15. The zero-order valence-corrected chi connectivity index (χ0v) is 20.3. The third kappa shape index (κ3) is 3.63. The number of methoxy groups -OCH3 is 1. The predicted octanol–water partition coefficient (Wildman–Crippen LogP) is 4.39. The Morgan fingerprint density at radius 3 is 2.57 bits per heavy atom. The quantitative estimate of drug-likeness (QED) is 0.446. The summed E-state index contributed by atoms with van der Waals surface area (Å²) >= 11 is 0. The fourth-order valence-electron chi connectivity index (χ4n) is 6.28. The van der Waals surface area contributed by atoms with Crippen molar-refractivity contribution in [1.82, 2.24) is 24.5 Å². The van der Waals surface area contributed by atoms with Crippen LogP contribution in [0.3, 0.4) is 0 Å². The van der Waals surface area contributed by atoms with Crippen LogP contribution in [0.4, 0.5) is 17.6 Å². The molecular formula is C25H25F4N5O3. The molecule has 1 aliphatic heterocycles. The highest BCUT2D eigenvalue weighted by Crippen LogP contribution is 2.75. The summed E-state index contributed by atoms with van der Waals surface area (Å²) in [4.78, 5) is 30.7. The maximum Gasteiger partial charge on any atom is 0.295 e. The van der Waals surface area contributed by atoms with Crippen LogP contribution in [0.1, 0.15) is 73.5 Å². The van der Waals surface area contributed by atoms with Crippen LogP contribution < -0.4 is 10.3 Å². The minimum absolute atomic E-state index is 0.00723. The van der Waals surface area contributed by atoms with Crippen LogP contribution >= 0.6 is 0 Å². The van der Waals surface area contributed by atoms with Gasteiger partial charge in [0, 0.05) is 42.7 Å². The molecule has 4 fully saturated rings. The minimum Gasteiger partial charge on any atom is -0.481 e. The average molecular weight is 519 g/mol. The van der Waals surface area contributed by atoms with Gasteiger partial charge in [-0.3, -0.25) is 9.36 Å². The summed E-state index contributed by atoms with van der Waals surface area (Å²) in [7, 11) is 2.75. The molecule has 4 aliphatic rings. The van der Waals surface area contributed by atoms with E-state index >= 15 is 0 Å². The second-order valence-electron chi connectivity index (χ2n) is 10.4. The van der Waals surface area contributed by atoms with Gasteiger partial charge >= 0.3 is 0 Å². The zero-order chi connectivity index (χ0) is 26.1. The van der Waals surface area contributed by atoms with Gasteiger partial charge in [-0.1, -0.05) is 0 Å². The predicted molar refractivity (Wildman–Crippen MR) is 123 cm³/mol. The third-order valence-corrected chi connectivity index (χ3v) is 8.20. The third-order valence-electron chi connectivity index (χ3n) is 8.20. The topological polar surface area (TPSA) is 92.0 Å². The van der Waals surface area contributed by atoms with Crippen molar-refractivity contribution in [1.29, 1.82) is 0 Å². The van der Waals surface area contributed by atoms with E-state index in [4.69, 9.17) is 14.5 Å². The van der Waals surface area contributed by atoms with Gasteiger partial charge in [-0.25, -0.2) is 37.5 Å². The second kappa shape index (κ2) is 8.44. The molecule has 0 N–H and O–H groups in total. The van der Waals surface area contributed by atoms with Crippen molar-refractivity contribution in [3.8, 4) is 5.88 Å². The maximum atomic E-state index is 13.7. The van der Waals surface area contributed by atoms with Crippen LogP contribution in [0.2, 0.25) is 0 Å². The molecule has 12 heteroatoms. The first-order chi connectivity index (χ1) is 17.7. The lowest BCUT2D eigenvalue weighted by molar-refractivity contribution is -0.222. The van der Waals surface area contributed by atoms with Crippen molar-refractivity contribution >= 4 is 11.0 Å². The van der Waals surface area contributed by atoms with E-state index < -0.39 is 35.1 Å². The molecule has 196 valence electrons. The van der Waals surface area contributed by atoms with Crippen LogP contribution in [-0.2, 0) is 17.2 Å². The van der Waals surface area contributed by atoms with E-state index in [1.165, 1.54) is 14.2 Å². The van der Waals surface area contributed by atoms with Gasteiger partial charge in [-0.05, 0) is 43.7 Å². The van der Waals surface area contributed by atoms with E-state index in [0.717, 1.165) is 10.1 Å². The molecule has 2 bridgehead atoms. The van der Waals surface area contributed by atoms with E-state index in [1.807, 2.05) is 6.07 Å². The van der Waals surface area contributed by atoms with Crippen molar-refractivity contribution in [2.24, 2.45) is 12.5 Å².